The summed E-state index contributed by atoms with van der Waals surface area (Å²) in [5, 5.41) is 4.91. The van der Waals surface area contributed by atoms with Crippen LogP contribution in [0.25, 0.3) is 0 Å². The van der Waals surface area contributed by atoms with Crippen molar-refractivity contribution in [3.63, 3.8) is 0 Å². The van der Waals surface area contributed by atoms with Gasteiger partial charge in [-0.1, -0.05) is 64.2 Å². The fourth-order valence-electron chi connectivity index (χ4n) is 4.12. The number of unbranched alkanes of at least 4 members (excludes halogenated alkanes) is 10. The fraction of sp³-hybridized carbons (Fsp3) is 0.913. The van der Waals surface area contributed by atoms with Gasteiger partial charge in [-0.15, -0.1) is 0 Å². The Morgan fingerprint density at radius 1 is 0.545 bits per heavy atom. The average Bonchev–Trinajstić information content (AvgIpc) is 2.88. The van der Waals surface area contributed by atoms with Crippen molar-refractivity contribution < 1.29 is 76.0 Å². The average molecular weight is 721 g/mol. The van der Waals surface area contributed by atoms with E-state index < -0.39 is 81.2 Å². The number of carbonyl (C=O) groups excluding carboxylic acids is 2. The highest BCUT2D eigenvalue weighted by Gasteiger charge is 2.30. The topological polar surface area (TPSA) is 279 Å². The lowest BCUT2D eigenvalue weighted by Crippen LogP contribution is -2.30. The third-order valence-corrected chi connectivity index (χ3v) is 11.5. The van der Waals surface area contributed by atoms with Crippen molar-refractivity contribution in [1.82, 2.24) is 0 Å². The van der Waals surface area contributed by atoms with Crippen LogP contribution in [0.3, 0.4) is 0 Å². The number of hydrogen-bond acceptors (Lipinski definition) is 14. The number of rotatable bonds is 27. The summed E-state index contributed by atoms with van der Waals surface area (Å²) >= 11 is 0. The maximum Gasteiger partial charge on any atom is 0.342 e. The second-order valence-electron chi connectivity index (χ2n) is 10.3. The predicted molar refractivity (Wildman–Crippen MR) is 156 cm³/mol. The fourth-order valence-corrected chi connectivity index (χ4v) is 9.00. The van der Waals surface area contributed by atoms with E-state index in [4.69, 9.17) is 19.1 Å². The molecule has 0 saturated heterocycles. The SMILES string of the molecule is O=C(CCCCCCCCC(CS(=O)(=O)OCOC(=O)CCCCCCCCC(CS(=O)(=O)O)S(=O)(=O)O)S(=O)(=O)O)OO. The first-order chi connectivity index (χ1) is 20.3. The van der Waals surface area contributed by atoms with Crippen LogP contribution in [-0.2, 0) is 63.9 Å². The normalized spacial score (nSPS) is 14.2. The molecule has 0 aliphatic heterocycles. The number of esters is 1. The minimum absolute atomic E-state index is 0.0636. The lowest BCUT2D eigenvalue weighted by Gasteiger charge is -2.14. The Balaban J connectivity index is 4.21. The van der Waals surface area contributed by atoms with Gasteiger partial charge in [0.25, 0.3) is 40.5 Å². The van der Waals surface area contributed by atoms with Crippen LogP contribution < -0.4 is 0 Å². The van der Waals surface area contributed by atoms with Crippen LogP contribution in [0.5, 0.6) is 0 Å². The molecule has 0 aliphatic carbocycles. The first kappa shape index (κ1) is 42.5. The number of carbonyl (C=O) groups is 2. The van der Waals surface area contributed by atoms with Crippen molar-refractivity contribution in [3.8, 4) is 0 Å². The van der Waals surface area contributed by atoms with Gasteiger partial charge < -0.3 is 9.62 Å². The van der Waals surface area contributed by atoms with Crippen molar-refractivity contribution >= 4 is 52.4 Å². The van der Waals surface area contributed by atoms with Gasteiger partial charge in [-0.3, -0.25) is 18.5 Å². The number of ether oxygens (including phenoxy) is 1. The molecular weight excluding hydrogens is 677 g/mol. The van der Waals surface area contributed by atoms with Gasteiger partial charge in [0.1, 0.15) is 10.5 Å². The summed E-state index contributed by atoms with van der Waals surface area (Å²) in [7, 11) is -18.4. The zero-order valence-corrected chi connectivity index (χ0v) is 27.6. The van der Waals surface area contributed by atoms with Crippen LogP contribution in [-0.4, -0.2) is 93.3 Å². The van der Waals surface area contributed by atoms with Crippen molar-refractivity contribution in [1.29, 1.82) is 0 Å². The van der Waals surface area contributed by atoms with Crippen LogP contribution in [0.4, 0.5) is 0 Å². The molecular formula is C23H44O17S4. The van der Waals surface area contributed by atoms with Gasteiger partial charge >= 0.3 is 11.9 Å². The summed E-state index contributed by atoms with van der Waals surface area (Å²) < 4.78 is 129. The molecule has 4 N–H and O–H groups in total. The largest absolute Gasteiger partial charge is 0.437 e. The van der Waals surface area contributed by atoms with E-state index in [-0.39, 0.29) is 32.1 Å². The molecule has 0 bridgehead atoms. The molecule has 0 aromatic heterocycles. The van der Waals surface area contributed by atoms with Crippen LogP contribution >= 0.6 is 0 Å². The van der Waals surface area contributed by atoms with E-state index in [2.05, 4.69) is 9.07 Å². The maximum absolute atomic E-state index is 12.2. The minimum Gasteiger partial charge on any atom is -0.437 e. The summed E-state index contributed by atoms with van der Waals surface area (Å²) in [6.07, 6.45) is 6.05. The van der Waals surface area contributed by atoms with Gasteiger partial charge in [0.15, 0.2) is 0 Å². The Hall–Kier alpha value is -1.46. The van der Waals surface area contributed by atoms with Crippen LogP contribution in [0.1, 0.15) is 103 Å². The summed E-state index contributed by atoms with van der Waals surface area (Å²) in [4.78, 5) is 26.2. The summed E-state index contributed by atoms with van der Waals surface area (Å²) in [5.41, 5.74) is 0. The Morgan fingerprint density at radius 2 is 0.932 bits per heavy atom. The molecule has 2 unspecified atom stereocenters. The molecule has 262 valence electrons. The molecule has 0 fully saturated rings. The first-order valence-corrected chi connectivity index (χ1v) is 20.2. The molecule has 44 heavy (non-hydrogen) atoms. The molecule has 0 radical (unpaired) electrons. The summed E-state index contributed by atoms with van der Waals surface area (Å²) in [6, 6.07) is 0. The first-order valence-electron chi connectivity index (χ1n) is 14.0. The maximum atomic E-state index is 12.2. The molecule has 0 aliphatic rings. The Kier molecular flexibility index (Phi) is 20.6. The lowest BCUT2D eigenvalue weighted by molar-refractivity contribution is -0.234. The highest BCUT2D eigenvalue weighted by Crippen LogP contribution is 2.17. The van der Waals surface area contributed by atoms with Crippen LogP contribution in [0.15, 0.2) is 0 Å². The van der Waals surface area contributed by atoms with Gasteiger partial charge in [-0.25, -0.2) is 8.98 Å². The zero-order chi connectivity index (χ0) is 33.9. The monoisotopic (exact) mass is 720 g/mol. The third-order valence-electron chi connectivity index (χ3n) is 6.49. The number of hydrogen-bond donors (Lipinski definition) is 4. The second kappa shape index (κ2) is 21.4. The van der Waals surface area contributed by atoms with Gasteiger partial charge in [-0.2, -0.15) is 38.9 Å². The van der Waals surface area contributed by atoms with E-state index in [1.165, 1.54) is 0 Å². The molecule has 0 rings (SSSR count). The predicted octanol–water partition coefficient (Wildman–Crippen LogP) is 2.49. The minimum atomic E-state index is -4.71. The van der Waals surface area contributed by atoms with Gasteiger partial charge in [0.2, 0.25) is 6.79 Å². The van der Waals surface area contributed by atoms with E-state index in [0.717, 1.165) is 0 Å². The summed E-state index contributed by atoms with van der Waals surface area (Å²) in [6.45, 7) is -0.971. The van der Waals surface area contributed by atoms with E-state index in [9.17, 15) is 47.8 Å². The van der Waals surface area contributed by atoms with E-state index in [0.29, 0.717) is 70.6 Å². The quantitative estimate of drug-likeness (QED) is 0.0180. The van der Waals surface area contributed by atoms with Gasteiger partial charge in [-0.05, 0) is 25.7 Å². The van der Waals surface area contributed by atoms with Crippen LogP contribution in [0.2, 0.25) is 0 Å². The van der Waals surface area contributed by atoms with Crippen molar-refractivity contribution in [2.24, 2.45) is 0 Å². The molecule has 0 amide bonds. The van der Waals surface area contributed by atoms with E-state index in [1.807, 2.05) is 0 Å². The highest BCUT2D eigenvalue weighted by atomic mass is 32.2. The molecule has 21 heteroatoms. The standard InChI is InChI=1S/C23H44O17S4/c24-22(15-11-7-3-1-5-9-13-20(43(32,33)34)17-41(27,28)29)38-19-39-42(30,31)18-21(44(35,36)37)14-10-6-2-4-8-12-16-23(25)40-26/h20-21,26H,1-19H2,(H,27,28,29)(H,32,33,34)(H,35,36,37). The molecule has 0 spiro atoms. The highest BCUT2D eigenvalue weighted by molar-refractivity contribution is 7.90. The van der Waals surface area contributed by atoms with Gasteiger partial charge in [0, 0.05) is 12.8 Å². The van der Waals surface area contributed by atoms with E-state index >= 15 is 0 Å². The third kappa shape index (κ3) is 23.9. The van der Waals surface area contributed by atoms with Crippen molar-refractivity contribution in [2.75, 3.05) is 18.3 Å². The molecule has 0 heterocycles. The lowest BCUT2D eigenvalue weighted by atomic mass is 10.1. The molecule has 0 aromatic carbocycles. The Bertz CT molecular complexity index is 1280. The van der Waals surface area contributed by atoms with Crippen LogP contribution in [0, 0.1) is 0 Å². The Labute approximate surface area is 259 Å². The molecule has 0 aromatic rings. The zero-order valence-electron chi connectivity index (χ0n) is 24.3. The molecule has 2 atom stereocenters. The second-order valence-corrected chi connectivity index (χ2v) is 16.9. The Morgan fingerprint density at radius 3 is 1.34 bits per heavy atom. The summed E-state index contributed by atoms with van der Waals surface area (Å²) in [5.74, 6) is -3.63. The molecule has 17 nitrogen and oxygen atoms in total. The smallest absolute Gasteiger partial charge is 0.342 e. The van der Waals surface area contributed by atoms with E-state index in [1.54, 1.807) is 0 Å². The molecule has 0 saturated carbocycles. The van der Waals surface area contributed by atoms with Crippen molar-refractivity contribution in [3.05, 3.63) is 0 Å². The van der Waals surface area contributed by atoms with Crippen molar-refractivity contribution in [2.45, 2.75) is 113 Å². The van der Waals surface area contributed by atoms with Gasteiger partial charge in [0.05, 0.1) is 11.5 Å².